The van der Waals surface area contributed by atoms with Crippen LogP contribution in [0.4, 0.5) is 0 Å². The Kier molecular flexibility index (Phi) is 3.72. The summed E-state index contributed by atoms with van der Waals surface area (Å²) in [4.78, 5) is 9.34. The van der Waals surface area contributed by atoms with Gasteiger partial charge in [-0.1, -0.05) is 19.8 Å². The molecule has 0 spiro atoms. The van der Waals surface area contributed by atoms with Gasteiger partial charge in [-0.25, -0.2) is 0 Å². The number of halogens is 1. The van der Waals surface area contributed by atoms with E-state index in [1.54, 1.807) is 0 Å². The lowest BCUT2D eigenvalue weighted by atomic mass is 10.0. The van der Waals surface area contributed by atoms with Crippen LogP contribution in [0.5, 0.6) is 0 Å². The standard InChI is InChI=1S/C7H13ClO2/c1-3-4-5-7(2,8)6(9)10/h3-5H2,1-2H3,(H,9,10)/t7-/m0/s1. The molecule has 0 aromatic carbocycles. The van der Waals surface area contributed by atoms with Crippen LogP contribution in [0.1, 0.15) is 33.1 Å². The van der Waals surface area contributed by atoms with Crippen molar-refractivity contribution in [2.24, 2.45) is 0 Å². The number of hydrogen-bond acceptors (Lipinski definition) is 1. The van der Waals surface area contributed by atoms with E-state index in [-0.39, 0.29) is 0 Å². The zero-order chi connectivity index (χ0) is 8.20. The van der Waals surface area contributed by atoms with E-state index in [9.17, 15) is 4.79 Å². The molecule has 1 N–H and O–H groups in total. The average Bonchev–Trinajstić information content (AvgIpc) is 1.84. The summed E-state index contributed by atoms with van der Waals surface area (Å²) in [6.45, 7) is 3.54. The normalized spacial score (nSPS) is 16.3. The minimum absolute atomic E-state index is 0.542. The minimum atomic E-state index is -1.06. The predicted molar refractivity (Wildman–Crippen MR) is 41.4 cm³/mol. The summed E-state index contributed by atoms with van der Waals surface area (Å²) in [7, 11) is 0. The van der Waals surface area contributed by atoms with E-state index in [0.29, 0.717) is 6.42 Å². The zero-order valence-electron chi connectivity index (χ0n) is 6.35. The fraction of sp³-hybridized carbons (Fsp3) is 0.857. The minimum Gasteiger partial charge on any atom is -0.480 e. The SMILES string of the molecule is CCCC[C@](C)(Cl)C(=O)O. The first-order valence-corrected chi connectivity index (χ1v) is 3.81. The second kappa shape index (κ2) is 3.81. The summed E-state index contributed by atoms with van der Waals surface area (Å²) in [6, 6.07) is 0. The number of unbranched alkanes of at least 4 members (excludes halogenated alkanes) is 1. The Balaban J connectivity index is 3.75. The van der Waals surface area contributed by atoms with Crippen LogP contribution < -0.4 is 0 Å². The first-order valence-electron chi connectivity index (χ1n) is 3.43. The molecule has 0 rings (SSSR count). The van der Waals surface area contributed by atoms with Gasteiger partial charge in [0.05, 0.1) is 0 Å². The number of carboxylic acid groups (broad SMARTS) is 1. The molecule has 0 fully saturated rings. The van der Waals surface area contributed by atoms with E-state index < -0.39 is 10.8 Å². The Labute approximate surface area is 66.2 Å². The fourth-order valence-electron chi connectivity index (χ4n) is 0.616. The third-order valence-electron chi connectivity index (χ3n) is 1.45. The van der Waals surface area contributed by atoms with E-state index in [1.165, 1.54) is 6.92 Å². The highest BCUT2D eigenvalue weighted by molar-refractivity contribution is 6.33. The van der Waals surface area contributed by atoms with Crippen molar-refractivity contribution in [3.63, 3.8) is 0 Å². The molecule has 2 nitrogen and oxygen atoms in total. The predicted octanol–water partition coefficient (Wildman–Crippen LogP) is 2.26. The Morgan fingerprint density at radius 3 is 2.50 bits per heavy atom. The van der Waals surface area contributed by atoms with Gasteiger partial charge >= 0.3 is 5.97 Å². The number of rotatable bonds is 4. The van der Waals surface area contributed by atoms with Crippen molar-refractivity contribution in [3.8, 4) is 0 Å². The molecule has 0 radical (unpaired) electrons. The monoisotopic (exact) mass is 164 g/mol. The van der Waals surface area contributed by atoms with Crippen LogP contribution in [-0.4, -0.2) is 16.0 Å². The third kappa shape index (κ3) is 3.06. The number of alkyl halides is 1. The van der Waals surface area contributed by atoms with Crippen molar-refractivity contribution < 1.29 is 9.90 Å². The molecule has 0 saturated carbocycles. The Bertz CT molecular complexity index is 121. The van der Waals surface area contributed by atoms with Gasteiger partial charge in [-0.3, -0.25) is 4.79 Å². The molecule has 0 aliphatic rings. The maximum atomic E-state index is 10.4. The molecule has 0 heterocycles. The topological polar surface area (TPSA) is 37.3 Å². The zero-order valence-corrected chi connectivity index (χ0v) is 7.11. The molecule has 0 aliphatic heterocycles. The molecule has 3 heteroatoms. The first kappa shape index (κ1) is 9.76. The van der Waals surface area contributed by atoms with Crippen LogP contribution in [0.3, 0.4) is 0 Å². The summed E-state index contributed by atoms with van der Waals surface area (Å²) in [5, 5.41) is 8.54. The van der Waals surface area contributed by atoms with E-state index >= 15 is 0 Å². The van der Waals surface area contributed by atoms with Crippen LogP contribution in [0.2, 0.25) is 0 Å². The summed E-state index contributed by atoms with van der Waals surface area (Å²) in [5.74, 6) is -0.928. The highest BCUT2D eigenvalue weighted by Crippen LogP contribution is 2.21. The van der Waals surface area contributed by atoms with Crippen LogP contribution in [0.15, 0.2) is 0 Å². The summed E-state index contributed by atoms with van der Waals surface area (Å²) >= 11 is 5.65. The Morgan fingerprint density at radius 2 is 2.20 bits per heavy atom. The molecule has 0 unspecified atom stereocenters. The lowest BCUT2D eigenvalue weighted by molar-refractivity contribution is -0.139. The van der Waals surface area contributed by atoms with E-state index in [4.69, 9.17) is 16.7 Å². The van der Waals surface area contributed by atoms with E-state index in [2.05, 4.69) is 0 Å². The van der Waals surface area contributed by atoms with Crippen LogP contribution >= 0.6 is 11.6 Å². The molecule has 0 bridgehead atoms. The quantitative estimate of drug-likeness (QED) is 0.648. The number of carbonyl (C=O) groups is 1. The van der Waals surface area contributed by atoms with Crippen molar-refractivity contribution in [1.82, 2.24) is 0 Å². The molecule has 10 heavy (non-hydrogen) atoms. The smallest absolute Gasteiger partial charge is 0.324 e. The van der Waals surface area contributed by atoms with Gasteiger partial charge in [0.15, 0.2) is 0 Å². The van der Waals surface area contributed by atoms with Crippen LogP contribution in [0.25, 0.3) is 0 Å². The fourth-order valence-corrected chi connectivity index (χ4v) is 0.749. The second-order valence-electron chi connectivity index (χ2n) is 2.61. The lowest BCUT2D eigenvalue weighted by Gasteiger charge is -2.14. The second-order valence-corrected chi connectivity index (χ2v) is 3.44. The highest BCUT2D eigenvalue weighted by Gasteiger charge is 2.28. The molecule has 0 aromatic heterocycles. The molecule has 0 amide bonds. The molecule has 1 atom stereocenters. The van der Waals surface area contributed by atoms with Crippen molar-refractivity contribution in [1.29, 1.82) is 0 Å². The van der Waals surface area contributed by atoms with Gasteiger partial charge in [0.2, 0.25) is 0 Å². The maximum Gasteiger partial charge on any atom is 0.324 e. The molecule has 0 saturated heterocycles. The number of hydrogen-bond donors (Lipinski definition) is 1. The maximum absolute atomic E-state index is 10.4. The van der Waals surface area contributed by atoms with Gasteiger partial charge < -0.3 is 5.11 Å². The van der Waals surface area contributed by atoms with Gasteiger partial charge in [-0.05, 0) is 13.3 Å². The van der Waals surface area contributed by atoms with Gasteiger partial charge in [0.1, 0.15) is 4.87 Å². The molecule has 60 valence electrons. The first-order chi connectivity index (χ1) is 4.50. The van der Waals surface area contributed by atoms with E-state index in [1.807, 2.05) is 6.92 Å². The Hall–Kier alpha value is -0.240. The average molecular weight is 165 g/mol. The number of aliphatic carboxylic acids is 1. The third-order valence-corrected chi connectivity index (χ3v) is 1.80. The molecule has 0 aliphatic carbocycles. The number of carboxylic acids is 1. The van der Waals surface area contributed by atoms with Crippen LogP contribution in [-0.2, 0) is 4.79 Å². The van der Waals surface area contributed by atoms with Gasteiger partial charge in [-0.15, -0.1) is 11.6 Å². The molecular weight excluding hydrogens is 152 g/mol. The van der Waals surface area contributed by atoms with Gasteiger partial charge in [-0.2, -0.15) is 0 Å². The van der Waals surface area contributed by atoms with Crippen molar-refractivity contribution in [2.75, 3.05) is 0 Å². The van der Waals surface area contributed by atoms with E-state index in [0.717, 1.165) is 12.8 Å². The summed E-state index contributed by atoms with van der Waals surface area (Å²) in [6.07, 6.45) is 2.39. The summed E-state index contributed by atoms with van der Waals surface area (Å²) in [5.41, 5.74) is 0. The van der Waals surface area contributed by atoms with Crippen molar-refractivity contribution >= 4 is 17.6 Å². The van der Waals surface area contributed by atoms with Crippen molar-refractivity contribution in [2.45, 2.75) is 38.0 Å². The van der Waals surface area contributed by atoms with Gasteiger partial charge in [0.25, 0.3) is 0 Å². The highest BCUT2D eigenvalue weighted by atomic mass is 35.5. The summed E-state index contributed by atoms with van der Waals surface area (Å²) < 4.78 is 0. The Morgan fingerprint density at radius 1 is 1.70 bits per heavy atom. The lowest BCUT2D eigenvalue weighted by Crippen LogP contribution is -2.27. The van der Waals surface area contributed by atoms with Crippen LogP contribution in [0, 0.1) is 0 Å². The largest absolute Gasteiger partial charge is 0.480 e. The van der Waals surface area contributed by atoms with Gasteiger partial charge in [0, 0.05) is 0 Å². The molecule has 0 aromatic rings. The van der Waals surface area contributed by atoms with Crippen molar-refractivity contribution in [3.05, 3.63) is 0 Å². The molecular formula is C7H13ClO2.